The molecular formula is C27H28N2O4. The standard InChI is InChI=1S/C27H28N2O4/c1-2-13-29(16-18-9-10-18)24(30)17-33-27(31)25-21-7-3-4-8-23(21)28-26-19(11-12-22(25)26)15-20-6-5-14-32-20/h3-8,14-15,18H,2,9-13,16-17H2,1H3/b19-15+. The molecule has 33 heavy (non-hydrogen) atoms. The van der Waals surface area contributed by atoms with Crippen molar-refractivity contribution < 1.29 is 18.7 Å². The van der Waals surface area contributed by atoms with Crippen molar-refractivity contribution in [2.75, 3.05) is 19.7 Å². The smallest absolute Gasteiger partial charge is 0.339 e. The molecular weight excluding hydrogens is 416 g/mol. The second kappa shape index (κ2) is 9.22. The van der Waals surface area contributed by atoms with Gasteiger partial charge in [-0.2, -0.15) is 0 Å². The van der Waals surface area contributed by atoms with E-state index < -0.39 is 5.97 Å². The summed E-state index contributed by atoms with van der Waals surface area (Å²) < 4.78 is 11.1. The van der Waals surface area contributed by atoms with Crippen molar-refractivity contribution in [1.82, 2.24) is 9.88 Å². The summed E-state index contributed by atoms with van der Waals surface area (Å²) in [4.78, 5) is 32.8. The van der Waals surface area contributed by atoms with Crippen molar-refractivity contribution in [2.24, 2.45) is 5.92 Å². The molecule has 3 aromatic rings. The maximum atomic E-state index is 13.3. The lowest BCUT2D eigenvalue weighted by atomic mass is 10.0. The van der Waals surface area contributed by atoms with Crippen LogP contribution in [0.4, 0.5) is 0 Å². The van der Waals surface area contributed by atoms with Crippen LogP contribution in [-0.2, 0) is 16.0 Å². The summed E-state index contributed by atoms with van der Waals surface area (Å²) in [5.74, 6) is 0.781. The Kier molecular flexibility index (Phi) is 5.99. The predicted molar refractivity (Wildman–Crippen MR) is 127 cm³/mol. The molecule has 1 fully saturated rings. The zero-order chi connectivity index (χ0) is 22.8. The van der Waals surface area contributed by atoms with E-state index in [2.05, 4.69) is 6.92 Å². The first-order valence-corrected chi connectivity index (χ1v) is 11.7. The maximum Gasteiger partial charge on any atom is 0.339 e. The van der Waals surface area contributed by atoms with Crippen LogP contribution >= 0.6 is 0 Å². The number of para-hydroxylation sites is 1. The fraction of sp³-hybridized carbons (Fsp3) is 0.370. The Hall–Kier alpha value is -3.41. The van der Waals surface area contributed by atoms with Gasteiger partial charge >= 0.3 is 5.97 Å². The zero-order valence-corrected chi connectivity index (χ0v) is 18.9. The van der Waals surface area contributed by atoms with Crippen LogP contribution in [0.15, 0.2) is 47.1 Å². The normalized spacial score (nSPS) is 16.2. The average molecular weight is 445 g/mol. The third-order valence-corrected chi connectivity index (χ3v) is 6.35. The van der Waals surface area contributed by atoms with Gasteiger partial charge in [0.2, 0.25) is 0 Å². The van der Waals surface area contributed by atoms with Gasteiger partial charge in [0.1, 0.15) is 5.76 Å². The van der Waals surface area contributed by atoms with E-state index in [4.69, 9.17) is 14.1 Å². The van der Waals surface area contributed by atoms with Crippen LogP contribution in [0, 0.1) is 5.92 Å². The molecule has 1 amide bonds. The Morgan fingerprint density at radius 2 is 2.03 bits per heavy atom. The molecule has 2 heterocycles. The van der Waals surface area contributed by atoms with Gasteiger partial charge in [0.25, 0.3) is 5.91 Å². The quantitative estimate of drug-likeness (QED) is 0.451. The summed E-state index contributed by atoms with van der Waals surface area (Å²) >= 11 is 0. The highest BCUT2D eigenvalue weighted by atomic mass is 16.5. The van der Waals surface area contributed by atoms with Crippen LogP contribution in [0.25, 0.3) is 22.6 Å². The van der Waals surface area contributed by atoms with Crippen LogP contribution in [0.2, 0.25) is 0 Å². The number of carbonyl (C=O) groups is 2. The number of hydrogen-bond acceptors (Lipinski definition) is 5. The lowest BCUT2D eigenvalue weighted by Crippen LogP contribution is -2.37. The summed E-state index contributed by atoms with van der Waals surface area (Å²) in [7, 11) is 0. The van der Waals surface area contributed by atoms with E-state index in [1.807, 2.05) is 47.4 Å². The van der Waals surface area contributed by atoms with Crippen LogP contribution in [-0.4, -0.2) is 41.5 Å². The van der Waals surface area contributed by atoms with Gasteiger partial charge in [-0.15, -0.1) is 0 Å². The molecule has 0 radical (unpaired) electrons. The predicted octanol–water partition coefficient (Wildman–Crippen LogP) is 5.12. The SMILES string of the molecule is CCCN(CC1CC1)C(=O)COC(=O)c1c2c(nc3ccccc13)/C(=C/c1ccco1)CC2. The number of rotatable bonds is 8. The molecule has 6 nitrogen and oxygen atoms in total. The first-order valence-electron chi connectivity index (χ1n) is 11.7. The first-order chi connectivity index (χ1) is 16.1. The largest absolute Gasteiger partial charge is 0.465 e. The molecule has 0 atom stereocenters. The maximum absolute atomic E-state index is 13.3. The highest BCUT2D eigenvalue weighted by molar-refractivity contribution is 6.07. The summed E-state index contributed by atoms with van der Waals surface area (Å²) in [6.07, 6.45) is 8.33. The number of hydrogen-bond donors (Lipinski definition) is 0. The number of allylic oxidation sites excluding steroid dienone is 1. The second-order valence-corrected chi connectivity index (χ2v) is 8.88. The number of furan rings is 1. The molecule has 0 spiro atoms. The van der Waals surface area contributed by atoms with E-state index in [0.717, 1.165) is 52.9 Å². The molecule has 0 saturated heterocycles. The topological polar surface area (TPSA) is 72.6 Å². The van der Waals surface area contributed by atoms with Crippen molar-refractivity contribution in [3.8, 4) is 0 Å². The molecule has 2 aromatic heterocycles. The van der Waals surface area contributed by atoms with Gasteiger partial charge in [-0.1, -0.05) is 25.1 Å². The molecule has 0 bridgehead atoms. The Balaban J connectivity index is 1.42. The number of amides is 1. The van der Waals surface area contributed by atoms with E-state index in [1.54, 1.807) is 6.26 Å². The lowest BCUT2D eigenvalue weighted by molar-refractivity contribution is -0.134. The molecule has 0 unspecified atom stereocenters. The summed E-state index contributed by atoms with van der Waals surface area (Å²) in [5, 5.41) is 0.761. The minimum Gasteiger partial charge on any atom is -0.465 e. The third-order valence-electron chi connectivity index (χ3n) is 6.35. The van der Waals surface area contributed by atoms with Crippen molar-refractivity contribution in [3.05, 3.63) is 65.2 Å². The number of ether oxygens (including phenoxy) is 1. The summed E-state index contributed by atoms with van der Waals surface area (Å²) in [6.45, 7) is 3.28. The number of esters is 1. The second-order valence-electron chi connectivity index (χ2n) is 8.88. The number of nitrogens with zero attached hydrogens (tertiary/aromatic N) is 2. The van der Waals surface area contributed by atoms with Gasteiger partial charge in [0.15, 0.2) is 6.61 Å². The zero-order valence-electron chi connectivity index (χ0n) is 18.9. The minimum atomic E-state index is -0.458. The van der Waals surface area contributed by atoms with E-state index in [0.29, 0.717) is 24.4 Å². The fourth-order valence-electron chi connectivity index (χ4n) is 4.55. The molecule has 1 aromatic carbocycles. The van der Waals surface area contributed by atoms with E-state index in [-0.39, 0.29) is 12.5 Å². The van der Waals surface area contributed by atoms with Crippen LogP contribution < -0.4 is 0 Å². The highest BCUT2D eigenvalue weighted by Gasteiger charge is 2.30. The highest BCUT2D eigenvalue weighted by Crippen LogP contribution is 2.38. The van der Waals surface area contributed by atoms with Crippen molar-refractivity contribution in [2.45, 2.75) is 39.0 Å². The van der Waals surface area contributed by atoms with Crippen LogP contribution in [0.3, 0.4) is 0 Å². The summed E-state index contributed by atoms with van der Waals surface area (Å²) in [6, 6.07) is 11.3. The van der Waals surface area contributed by atoms with E-state index >= 15 is 0 Å². The molecule has 170 valence electrons. The third kappa shape index (κ3) is 4.56. The Labute approximate surface area is 193 Å². The van der Waals surface area contributed by atoms with Crippen molar-refractivity contribution in [1.29, 1.82) is 0 Å². The van der Waals surface area contributed by atoms with Crippen LogP contribution in [0.1, 0.15) is 60.0 Å². The molecule has 0 aliphatic heterocycles. The molecule has 1 saturated carbocycles. The fourth-order valence-corrected chi connectivity index (χ4v) is 4.55. The first kappa shape index (κ1) is 21.4. The van der Waals surface area contributed by atoms with Crippen molar-refractivity contribution in [3.63, 3.8) is 0 Å². The number of aromatic nitrogens is 1. The molecule has 6 heteroatoms. The average Bonchev–Trinajstić information content (AvgIpc) is 3.33. The number of fused-ring (bicyclic) bond motifs is 2. The summed E-state index contributed by atoms with van der Waals surface area (Å²) in [5.41, 5.74) is 3.99. The number of benzene rings is 1. The van der Waals surface area contributed by atoms with Gasteiger partial charge in [-0.25, -0.2) is 9.78 Å². The monoisotopic (exact) mass is 444 g/mol. The van der Waals surface area contributed by atoms with Gasteiger partial charge in [0, 0.05) is 18.5 Å². The number of carbonyl (C=O) groups excluding carboxylic acids is 2. The molecule has 2 aliphatic rings. The Morgan fingerprint density at radius 1 is 1.18 bits per heavy atom. The molecule has 0 N–H and O–H groups in total. The van der Waals surface area contributed by atoms with E-state index in [1.165, 1.54) is 12.8 Å². The minimum absolute atomic E-state index is 0.120. The van der Waals surface area contributed by atoms with Crippen molar-refractivity contribution >= 4 is 34.4 Å². The number of pyridine rings is 1. The lowest BCUT2D eigenvalue weighted by Gasteiger charge is -2.22. The van der Waals surface area contributed by atoms with Crippen LogP contribution in [0.5, 0.6) is 0 Å². The van der Waals surface area contributed by atoms with E-state index in [9.17, 15) is 9.59 Å². The molecule has 2 aliphatic carbocycles. The van der Waals surface area contributed by atoms with Gasteiger partial charge < -0.3 is 14.1 Å². The van der Waals surface area contributed by atoms with Gasteiger partial charge in [0.05, 0.1) is 23.0 Å². The molecule has 5 rings (SSSR count). The van der Waals surface area contributed by atoms with Gasteiger partial charge in [-0.05, 0) is 73.4 Å². The Bertz CT molecular complexity index is 1210. The van der Waals surface area contributed by atoms with Gasteiger partial charge in [-0.3, -0.25) is 4.79 Å². The Morgan fingerprint density at radius 3 is 2.79 bits per heavy atom.